The highest BCUT2D eigenvalue weighted by atomic mass is 32.2. The predicted molar refractivity (Wildman–Crippen MR) is 87.5 cm³/mol. The highest BCUT2D eigenvalue weighted by Crippen LogP contribution is 2.30. The fourth-order valence-corrected chi connectivity index (χ4v) is 3.90. The second-order valence-corrected chi connectivity index (χ2v) is 6.98. The molecule has 1 amide bonds. The molecule has 6 nitrogen and oxygen atoms in total. The zero-order valence-electron chi connectivity index (χ0n) is 11.9. The fourth-order valence-electron chi connectivity index (χ4n) is 2.05. The van der Waals surface area contributed by atoms with Gasteiger partial charge in [-0.1, -0.05) is 35.2 Å². The Morgan fingerprint density at radius 3 is 2.68 bits per heavy atom. The molecule has 3 rings (SSSR count). The van der Waals surface area contributed by atoms with Crippen LogP contribution in [0.15, 0.2) is 28.6 Å². The van der Waals surface area contributed by atoms with Crippen LogP contribution in [-0.2, 0) is 10.5 Å². The van der Waals surface area contributed by atoms with Gasteiger partial charge in [0.15, 0.2) is 4.34 Å². The van der Waals surface area contributed by atoms with E-state index in [1.807, 2.05) is 12.1 Å². The molecule has 22 heavy (non-hydrogen) atoms. The summed E-state index contributed by atoms with van der Waals surface area (Å²) in [6.07, 6.45) is 0. The number of carbonyl (C=O) groups is 1. The molecule has 1 fully saturated rings. The lowest BCUT2D eigenvalue weighted by Gasteiger charge is -2.25. The minimum atomic E-state index is -0.404. The van der Waals surface area contributed by atoms with Crippen LogP contribution in [0.4, 0.5) is 5.13 Å². The number of rotatable bonds is 5. The van der Waals surface area contributed by atoms with Crippen LogP contribution >= 0.6 is 23.1 Å². The maximum Gasteiger partial charge on any atom is 0.248 e. The summed E-state index contributed by atoms with van der Waals surface area (Å²) < 4.78 is 6.28. The number of aromatic nitrogens is 2. The predicted octanol–water partition coefficient (Wildman–Crippen LogP) is 1.77. The average molecular weight is 336 g/mol. The molecule has 2 aromatic rings. The first kappa shape index (κ1) is 15.3. The van der Waals surface area contributed by atoms with E-state index in [-0.39, 0.29) is 0 Å². The molecule has 0 aliphatic carbocycles. The maximum absolute atomic E-state index is 11.0. The molecule has 1 aliphatic heterocycles. The van der Waals surface area contributed by atoms with E-state index < -0.39 is 5.91 Å². The van der Waals surface area contributed by atoms with E-state index in [0.717, 1.165) is 47.1 Å². The highest BCUT2D eigenvalue weighted by molar-refractivity contribution is 8.00. The van der Waals surface area contributed by atoms with Crippen LogP contribution < -0.4 is 10.6 Å². The average Bonchev–Trinajstić information content (AvgIpc) is 3.03. The zero-order valence-corrected chi connectivity index (χ0v) is 13.5. The second kappa shape index (κ2) is 7.08. The van der Waals surface area contributed by atoms with Crippen molar-refractivity contribution in [3.63, 3.8) is 0 Å². The van der Waals surface area contributed by atoms with Crippen LogP contribution in [0.5, 0.6) is 0 Å². The minimum absolute atomic E-state index is 0.404. The van der Waals surface area contributed by atoms with Crippen molar-refractivity contribution < 1.29 is 9.53 Å². The number of carbonyl (C=O) groups excluding carboxylic acids is 1. The topological polar surface area (TPSA) is 81.3 Å². The second-order valence-electron chi connectivity index (χ2n) is 4.80. The first-order valence-corrected chi connectivity index (χ1v) is 8.70. The molecule has 1 aromatic heterocycles. The first-order valence-electron chi connectivity index (χ1n) is 6.90. The van der Waals surface area contributed by atoms with Gasteiger partial charge in [0.25, 0.3) is 0 Å². The number of morpholine rings is 1. The van der Waals surface area contributed by atoms with Crippen molar-refractivity contribution in [3.05, 3.63) is 35.4 Å². The number of primary amides is 1. The van der Waals surface area contributed by atoms with Crippen molar-refractivity contribution in [2.24, 2.45) is 5.73 Å². The third-order valence-electron chi connectivity index (χ3n) is 3.28. The van der Waals surface area contributed by atoms with E-state index in [4.69, 9.17) is 10.5 Å². The smallest absolute Gasteiger partial charge is 0.248 e. The highest BCUT2D eigenvalue weighted by Gasteiger charge is 2.15. The van der Waals surface area contributed by atoms with Crippen LogP contribution in [0.2, 0.25) is 0 Å². The summed E-state index contributed by atoms with van der Waals surface area (Å²) in [4.78, 5) is 13.2. The van der Waals surface area contributed by atoms with Gasteiger partial charge in [-0.25, -0.2) is 0 Å². The van der Waals surface area contributed by atoms with Gasteiger partial charge in [-0.3, -0.25) is 4.79 Å². The first-order chi connectivity index (χ1) is 10.7. The number of thioether (sulfide) groups is 1. The Kier molecular flexibility index (Phi) is 4.91. The van der Waals surface area contributed by atoms with Crippen molar-refractivity contribution in [3.8, 4) is 0 Å². The molecule has 116 valence electrons. The summed E-state index contributed by atoms with van der Waals surface area (Å²) in [7, 11) is 0. The molecule has 0 radical (unpaired) electrons. The largest absolute Gasteiger partial charge is 0.378 e. The Hall–Kier alpha value is -1.64. The maximum atomic E-state index is 11.0. The SMILES string of the molecule is NC(=O)c1ccc(CSc2nnc(N3CCOCC3)s2)cc1. The standard InChI is InChI=1S/C14H16N4O2S2/c15-12(19)11-3-1-10(2-4-11)9-21-14-17-16-13(22-14)18-5-7-20-8-6-18/h1-4H,5-9H2,(H2,15,19). The van der Waals surface area contributed by atoms with E-state index in [0.29, 0.717) is 5.56 Å². The van der Waals surface area contributed by atoms with E-state index in [1.165, 1.54) is 0 Å². The minimum Gasteiger partial charge on any atom is -0.378 e. The Bertz CT molecular complexity index is 639. The molecule has 0 spiro atoms. The number of nitrogens with zero attached hydrogens (tertiary/aromatic N) is 3. The van der Waals surface area contributed by atoms with E-state index >= 15 is 0 Å². The van der Waals surface area contributed by atoms with Crippen LogP contribution in [0, 0.1) is 0 Å². The van der Waals surface area contributed by atoms with Crippen molar-refractivity contribution in [1.82, 2.24) is 10.2 Å². The molecule has 2 N–H and O–H groups in total. The number of hydrogen-bond acceptors (Lipinski definition) is 7. The third-order valence-corrected chi connectivity index (χ3v) is 5.47. The Morgan fingerprint density at radius 1 is 1.27 bits per heavy atom. The summed E-state index contributed by atoms with van der Waals surface area (Å²) in [6, 6.07) is 7.32. The zero-order chi connectivity index (χ0) is 15.4. The van der Waals surface area contributed by atoms with Gasteiger partial charge in [0, 0.05) is 24.4 Å². The Labute approximate surface area is 136 Å². The lowest BCUT2D eigenvalue weighted by molar-refractivity contribution is 0.100. The number of nitrogens with two attached hydrogens (primary N) is 1. The van der Waals surface area contributed by atoms with Crippen LogP contribution in [0.1, 0.15) is 15.9 Å². The van der Waals surface area contributed by atoms with Gasteiger partial charge in [-0.05, 0) is 17.7 Å². The molecular weight excluding hydrogens is 320 g/mol. The molecular formula is C14H16N4O2S2. The molecule has 8 heteroatoms. The van der Waals surface area contributed by atoms with Crippen LogP contribution in [0.3, 0.4) is 0 Å². The summed E-state index contributed by atoms with van der Waals surface area (Å²) in [5.41, 5.74) is 6.88. The van der Waals surface area contributed by atoms with E-state index in [1.54, 1.807) is 35.2 Å². The molecule has 1 aromatic carbocycles. The summed E-state index contributed by atoms with van der Waals surface area (Å²) in [5, 5.41) is 9.43. The number of anilines is 1. The molecule has 0 saturated carbocycles. The number of ether oxygens (including phenoxy) is 1. The molecule has 0 unspecified atom stereocenters. The van der Waals surface area contributed by atoms with Crippen molar-refractivity contribution >= 4 is 34.1 Å². The van der Waals surface area contributed by atoms with Gasteiger partial charge in [-0.2, -0.15) is 0 Å². The van der Waals surface area contributed by atoms with Crippen molar-refractivity contribution in [2.75, 3.05) is 31.2 Å². The van der Waals surface area contributed by atoms with Gasteiger partial charge < -0.3 is 15.4 Å². The quantitative estimate of drug-likeness (QED) is 0.838. The normalized spacial score (nSPS) is 15.0. The Balaban J connectivity index is 1.57. The summed E-state index contributed by atoms with van der Waals surface area (Å²) in [5.74, 6) is 0.384. The van der Waals surface area contributed by atoms with Gasteiger partial charge in [0.2, 0.25) is 11.0 Å². The van der Waals surface area contributed by atoms with Gasteiger partial charge in [0.05, 0.1) is 13.2 Å². The van der Waals surface area contributed by atoms with E-state index in [2.05, 4.69) is 15.1 Å². The van der Waals surface area contributed by atoms with E-state index in [9.17, 15) is 4.79 Å². The Morgan fingerprint density at radius 2 is 2.00 bits per heavy atom. The number of hydrogen-bond donors (Lipinski definition) is 1. The summed E-state index contributed by atoms with van der Waals surface area (Å²) in [6.45, 7) is 3.23. The lowest BCUT2D eigenvalue weighted by atomic mass is 10.1. The molecule has 0 atom stereocenters. The number of benzene rings is 1. The number of amides is 1. The molecule has 0 bridgehead atoms. The van der Waals surface area contributed by atoms with Crippen LogP contribution in [0.25, 0.3) is 0 Å². The van der Waals surface area contributed by atoms with Crippen molar-refractivity contribution in [2.45, 2.75) is 10.1 Å². The molecule has 1 aliphatic rings. The molecule has 2 heterocycles. The van der Waals surface area contributed by atoms with Gasteiger partial charge >= 0.3 is 0 Å². The molecule has 1 saturated heterocycles. The van der Waals surface area contributed by atoms with Crippen LogP contribution in [-0.4, -0.2) is 42.4 Å². The van der Waals surface area contributed by atoms with Crippen molar-refractivity contribution in [1.29, 1.82) is 0 Å². The summed E-state index contributed by atoms with van der Waals surface area (Å²) >= 11 is 3.25. The third kappa shape index (κ3) is 3.76. The monoisotopic (exact) mass is 336 g/mol. The lowest BCUT2D eigenvalue weighted by Crippen LogP contribution is -2.36. The van der Waals surface area contributed by atoms with Gasteiger partial charge in [0.1, 0.15) is 0 Å². The fraction of sp³-hybridized carbons (Fsp3) is 0.357. The van der Waals surface area contributed by atoms with Gasteiger partial charge in [-0.15, -0.1) is 10.2 Å².